The summed E-state index contributed by atoms with van der Waals surface area (Å²) in [5.41, 5.74) is 1.91. The van der Waals surface area contributed by atoms with Crippen molar-refractivity contribution in [2.24, 2.45) is 5.16 Å². The van der Waals surface area contributed by atoms with Gasteiger partial charge >= 0.3 is 0 Å². The van der Waals surface area contributed by atoms with E-state index in [2.05, 4.69) is 15.8 Å². The lowest BCUT2D eigenvalue weighted by molar-refractivity contribution is -0.133. The molecule has 0 saturated carbocycles. The molecule has 1 aliphatic heterocycles. The molecule has 4 rings (SSSR count). The lowest BCUT2D eigenvalue weighted by atomic mass is 9.69. The summed E-state index contributed by atoms with van der Waals surface area (Å²) >= 11 is 0. The van der Waals surface area contributed by atoms with Gasteiger partial charge in [0.1, 0.15) is 12.5 Å². The highest BCUT2D eigenvalue weighted by molar-refractivity contribution is 6.06. The molecular formula is C29H31N3O5. The van der Waals surface area contributed by atoms with Crippen LogP contribution < -0.4 is 20.1 Å². The molecule has 2 N–H and O–H groups in total. The third-order valence-corrected chi connectivity index (χ3v) is 6.60. The average molecular weight is 502 g/mol. The zero-order valence-corrected chi connectivity index (χ0v) is 21.2. The first-order valence-corrected chi connectivity index (χ1v) is 12.0. The zero-order valence-electron chi connectivity index (χ0n) is 21.2. The quantitative estimate of drug-likeness (QED) is 0.437. The lowest BCUT2D eigenvalue weighted by Crippen LogP contribution is -2.52. The zero-order chi connectivity index (χ0) is 26.3. The van der Waals surface area contributed by atoms with Crippen LogP contribution in [0.3, 0.4) is 0 Å². The fraction of sp³-hybridized carbons (Fsp3) is 0.276. The van der Waals surface area contributed by atoms with Gasteiger partial charge < -0.3 is 19.6 Å². The van der Waals surface area contributed by atoms with Crippen molar-refractivity contribution in [1.82, 2.24) is 10.6 Å². The Balaban J connectivity index is 1.78. The highest BCUT2D eigenvalue weighted by atomic mass is 16.6. The van der Waals surface area contributed by atoms with Crippen molar-refractivity contribution < 1.29 is 23.9 Å². The SMILES string of the molecule is CO/N=C1/CN[C@H](C(=O)NC(=O)C(Cc2ccc(OC)c(OC)c2)(c2ccccc2)c2ccccc2)C1. The summed E-state index contributed by atoms with van der Waals surface area (Å²) in [5, 5.41) is 9.73. The second kappa shape index (κ2) is 11.7. The summed E-state index contributed by atoms with van der Waals surface area (Å²) in [4.78, 5) is 32.3. The molecule has 2 amide bonds. The van der Waals surface area contributed by atoms with Crippen molar-refractivity contribution in [3.8, 4) is 11.5 Å². The minimum absolute atomic E-state index is 0.287. The van der Waals surface area contributed by atoms with Gasteiger partial charge in [0, 0.05) is 13.0 Å². The first-order valence-electron chi connectivity index (χ1n) is 12.0. The van der Waals surface area contributed by atoms with Crippen LogP contribution in [0.1, 0.15) is 23.1 Å². The van der Waals surface area contributed by atoms with Crippen LogP contribution in [0, 0.1) is 0 Å². The van der Waals surface area contributed by atoms with Gasteiger partial charge in [-0.25, -0.2) is 0 Å². The molecule has 0 unspecified atom stereocenters. The lowest BCUT2D eigenvalue weighted by Gasteiger charge is -2.34. The van der Waals surface area contributed by atoms with Crippen LogP contribution in [-0.4, -0.2) is 51.4 Å². The second-order valence-electron chi connectivity index (χ2n) is 8.80. The van der Waals surface area contributed by atoms with E-state index >= 15 is 0 Å². The predicted molar refractivity (Wildman–Crippen MR) is 141 cm³/mol. The standard InChI is InChI=1S/C29H31N3O5/c1-35-25-15-14-20(16-26(25)36-2)18-29(21-10-6-4-7-11-21,22-12-8-5-9-13-22)28(34)31-27(33)24-17-23(19-30-24)32-37-3/h4-16,24,30H,17-19H2,1-3H3,(H,31,33,34)/b32-23+/t24-/m0/s1. The molecule has 1 aliphatic rings. The van der Waals surface area contributed by atoms with Gasteiger partial charge in [0.15, 0.2) is 11.5 Å². The van der Waals surface area contributed by atoms with Crippen molar-refractivity contribution in [1.29, 1.82) is 0 Å². The van der Waals surface area contributed by atoms with E-state index in [1.54, 1.807) is 14.2 Å². The Hall–Kier alpha value is -4.17. The predicted octanol–water partition coefficient (Wildman–Crippen LogP) is 3.24. The van der Waals surface area contributed by atoms with E-state index < -0.39 is 23.3 Å². The molecule has 0 radical (unpaired) electrons. The molecule has 3 aromatic carbocycles. The first kappa shape index (κ1) is 25.9. The maximum absolute atomic E-state index is 14.3. The summed E-state index contributed by atoms with van der Waals surface area (Å²) in [7, 11) is 4.62. The van der Waals surface area contributed by atoms with E-state index in [4.69, 9.17) is 14.3 Å². The number of methoxy groups -OCH3 is 2. The molecule has 1 atom stereocenters. The Morgan fingerprint density at radius 3 is 2.11 bits per heavy atom. The molecule has 37 heavy (non-hydrogen) atoms. The fourth-order valence-electron chi connectivity index (χ4n) is 4.77. The van der Waals surface area contributed by atoms with Crippen molar-refractivity contribution in [2.45, 2.75) is 24.3 Å². The van der Waals surface area contributed by atoms with Gasteiger partial charge in [0.25, 0.3) is 0 Å². The van der Waals surface area contributed by atoms with Gasteiger partial charge in [0.2, 0.25) is 11.8 Å². The van der Waals surface area contributed by atoms with Gasteiger partial charge in [0.05, 0.1) is 26.0 Å². The van der Waals surface area contributed by atoms with E-state index in [9.17, 15) is 9.59 Å². The molecule has 3 aromatic rings. The third-order valence-electron chi connectivity index (χ3n) is 6.60. The largest absolute Gasteiger partial charge is 0.493 e. The third kappa shape index (κ3) is 5.49. The molecule has 0 aromatic heterocycles. The van der Waals surface area contributed by atoms with Crippen molar-refractivity contribution >= 4 is 17.5 Å². The number of benzene rings is 3. The van der Waals surface area contributed by atoms with Crippen molar-refractivity contribution in [3.63, 3.8) is 0 Å². The number of hydrogen-bond acceptors (Lipinski definition) is 7. The van der Waals surface area contributed by atoms with Crippen LogP contribution >= 0.6 is 0 Å². The van der Waals surface area contributed by atoms with Gasteiger partial charge in [-0.15, -0.1) is 0 Å². The number of imide groups is 1. The van der Waals surface area contributed by atoms with Crippen LogP contribution in [0.15, 0.2) is 84.0 Å². The Morgan fingerprint density at radius 2 is 1.54 bits per heavy atom. The highest BCUT2D eigenvalue weighted by Gasteiger charge is 2.44. The number of amides is 2. The van der Waals surface area contributed by atoms with Crippen LogP contribution in [0.2, 0.25) is 0 Å². The number of hydrogen-bond donors (Lipinski definition) is 2. The second-order valence-corrected chi connectivity index (χ2v) is 8.80. The number of carbonyl (C=O) groups excluding carboxylic acids is 2. The van der Waals surface area contributed by atoms with Crippen molar-refractivity contribution in [3.05, 3.63) is 95.6 Å². The van der Waals surface area contributed by atoms with E-state index in [-0.39, 0.29) is 6.42 Å². The summed E-state index contributed by atoms with van der Waals surface area (Å²) < 4.78 is 10.9. The molecule has 192 valence electrons. The summed E-state index contributed by atoms with van der Waals surface area (Å²) in [6.07, 6.45) is 0.654. The van der Waals surface area contributed by atoms with Crippen LogP contribution in [-0.2, 0) is 26.3 Å². The summed E-state index contributed by atoms with van der Waals surface area (Å²) in [5.74, 6) is 0.335. The van der Waals surface area contributed by atoms with Crippen LogP contribution in [0.5, 0.6) is 11.5 Å². The topological polar surface area (TPSA) is 98.2 Å². The van der Waals surface area contributed by atoms with Crippen LogP contribution in [0.25, 0.3) is 0 Å². The smallest absolute Gasteiger partial charge is 0.244 e. The number of nitrogens with one attached hydrogen (secondary N) is 2. The average Bonchev–Trinajstić information content (AvgIpc) is 3.41. The van der Waals surface area contributed by atoms with Gasteiger partial charge in [-0.2, -0.15) is 0 Å². The monoisotopic (exact) mass is 501 g/mol. The molecule has 0 aliphatic carbocycles. The molecular weight excluding hydrogens is 470 g/mol. The maximum Gasteiger partial charge on any atom is 0.244 e. The first-order chi connectivity index (χ1) is 18.0. The molecule has 8 heteroatoms. The Kier molecular flexibility index (Phi) is 8.20. The normalized spacial score (nSPS) is 16.3. The van der Waals surface area contributed by atoms with Crippen molar-refractivity contribution in [2.75, 3.05) is 27.9 Å². The Labute approximate surface area is 216 Å². The molecule has 8 nitrogen and oxygen atoms in total. The molecule has 0 bridgehead atoms. The van der Waals surface area contributed by atoms with E-state index in [0.717, 1.165) is 22.4 Å². The van der Waals surface area contributed by atoms with E-state index in [1.165, 1.54) is 7.11 Å². The van der Waals surface area contributed by atoms with Crippen LogP contribution in [0.4, 0.5) is 0 Å². The number of rotatable bonds is 9. The molecule has 1 heterocycles. The van der Waals surface area contributed by atoms with Gasteiger partial charge in [-0.1, -0.05) is 71.9 Å². The molecule has 1 saturated heterocycles. The summed E-state index contributed by atoms with van der Waals surface area (Å²) in [6, 6.07) is 24.0. The minimum Gasteiger partial charge on any atom is -0.493 e. The fourth-order valence-corrected chi connectivity index (χ4v) is 4.77. The number of ether oxygens (including phenoxy) is 2. The Morgan fingerprint density at radius 1 is 0.919 bits per heavy atom. The Bertz CT molecular complexity index is 1220. The minimum atomic E-state index is -1.19. The summed E-state index contributed by atoms with van der Waals surface area (Å²) in [6.45, 7) is 0.425. The highest BCUT2D eigenvalue weighted by Crippen LogP contribution is 2.38. The van der Waals surface area contributed by atoms with E-state index in [0.29, 0.717) is 24.5 Å². The maximum atomic E-state index is 14.3. The molecule has 0 spiro atoms. The van der Waals surface area contributed by atoms with Gasteiger partial charge in [-0.3, -0.25) is 14.9 Å². The number of oxime groups is 1. The van der Waals surface area contributed by atoms with Gasteiger partial charge in [-0.05, 0) is 35.2 Å². The number of carbonyl (C=O) groups is 2. The number of nitrogens with zero attached hydrogens (tertiary/aromatic N) is 1. The van der Waals surface area contributed by atoms with E-state index in [1.807, 2.05) is 78.9 Å². The molecule has 1 fully saturated rings.